The van der Waals surface area contributed by atoms with Crippen LogP contribution in [0.3, 0.4) is 0 Å². The van der Waals surface area contributed by atoms with Crippen LogP contribution in [-0.4, -0.2) is 49.4 Å². The predicted octanol–water partition coefficient (Wildman–Crippen LogP) is 1.54. The van der Waals surface area contributed by atoms with E-state index < -0.39 is 5.97 Å². The van der Waals surface area contributed by atoms with Crippen LogP contribution in [0.2, 0.25) is 0 Å². The smallest absolute Gasteiger partial charge is 0.313 e. The molecule has 0 radical (unpaired) electrons. The molecule has 0 amide bonds. The normalized spacial score (nSPS) is 13.0. The number of carboxylic acid groups (broad SMARTS) is 1. The highest BCUT2D eigenvalue weighted by atomic mass is 32.2. The summed E-state index contributed by atoms with van der Waals surface area (Å²) in [6, 6.07) is 0. The lowest BCUT2D eigenvalue weighted by atomic mass is 10.3. The monoisotopic (exact) mass is 312 g/mol. The van der Waals surface area contributed by atoms with Gasteiger partial charge in [-0.05, 0) is 13.3 Å². The van der Waals surface area contributed by atoms with Gasteiger partial charge in [-0.15, -0.1) is 0 Å². The molecule has 0 aliphatic heterocycles. The molecule has 1 unspecified atom stereocenters. The first kappa shape index (κ1) is 15.8. The van der Waals surface area contributed by atoms with Gasteiger partial charge in [0, 0.05) is 14.2 Å². The number of hydrogen-bond acceptors (Lipinski definition) is 5. The second-order valence-corrected chi connectivity index (χ2v) is 5.77. The van der Waals surface area contributed by atoms with Gasteiger partial charge in [-0.25, -0.2) is 4.98 Å². The molecule has 2 aromatic heterocycles. The summed E-state index contributed by atoms with van der Waals surface area (Å²) >= 11 is 1.22. The maximum absolute atomic E-state index is 10.8. The number of methoxy groups -OCH3 is 1. The fourth-order valence-electron chi connectivity index (χ4n) is 2.19. The van der Waals surface area contributed by atoms with Crippen molar-refractivity contribution in [1.82, 2.24) is 19.3 Å². The Morgan fingerprint density at radius 2 is 2.24 bits per heavy atom. The third-order valence-corrected chi connectivity index (χ3v) is 4.22. The van der Waals surface area contributed by atoms with Crippen molar-refractivity contribution in [3.63, 3.8) is 0 Å². The third-order valence-electron chi connectivity index (χ3n) is 3.26. The lowest BCUT2D eigenvalue weighted by Crippen LogP contribution is -2.17. The molecule has 8 heteroatoms. The molecule has 21 heavy (non-hydrogen) atoms. The van der Waals surface area contributed by atoms with E-state index in [4.69, 9.17) is 9.84 Å². The van der Waals surface area contributed by atoms with Crippen molar-refractivity contribution in [2.24, 2.45) is 7.05 Å². The summed E-state index contributed by atoms with van der Waals surface area (Å²) in [4.78, 5) is 15.4. The Morgan fingerprint density at radius 1 is 1.52 bits per heavy atom. The van der Waals surface area contributed by atoms with E-state index in [-0.39, 0.29) is 11.9 Å². The predicted molar refractivity (Wildman–Crippen MR) is 80.7 cm³/mol. The van der Waals surface area contributed by atoms with Crippen molar-refractivity contribution in [3.8, 4) is 0 Å². The van der Waals surface area contributed by atoms with Crippen LogP contribution in [0.1, 0.15) is 19.5 Å². The van der Waals surface area contributed by atoms with Gasteiger partial charge in [-0.1, -0.05) is 18.7 Å². The van der Waals surface area contributed by atoms with Crippen molar-refractivity contribution in [1.29, 1.82) is 0 Å². The molecule has 0 saturated carbocycles. The summed E-state index contributed by atoms with van der Waals surface area (Å²) in [6.07, 6.45) is 0.795. The Labute approximate surface area is 127 Å². The van der Waals surface area contributed by atoms with Crippen LogP contribution in [0.25, 0.3) is 11.2 Å². The van der Waals surface area contributed by atoms with Gasteiger partial charge in [0.25, 0.3) is 0 Å². The fraction of sp³-hybridized carbons (Fsp3) is 0.615. The first-order chi connectivity index (χ1) is 9.97. The number of imidazole rings is 1. The summed E-state index contributed by atoms with van der Waals surface area (Å²) in [5.41, 5.74) is 2.67. The summed E-state index contributed by atoms with van der Waals surface area (Å²) in [5, 5.41) is 14.0. The number of fused-ring (bicyclic) bond motifs is 1. The van der Waals surface area contributed by atoms with Crippen LogP contribution in [-0.2, 0) is 29.5 Å². The SMILES string of the molecule is CCc1nn(C)c2c1nc(SCC(=O)O)n2CC(C)OC. The van der Waals surface area contributed by atoms with Crippen molar-refractivity contribution in [2.75, 3.05) is 12.9 Å². The molecule has 0 aromatic carbocycles. The van der Waals surface area contributed by atoms with Gasteiger partial charge < -0.3 is 14.4 Å². The van der Waals surface area contributed by atoms with Crippen molar-refractivity contribution in [3.05, 3.63) is 5.69 Å². The highest BCUT2D eigenvalue weighted by molar-refractivity contribution is 7.99. The van der Waals surface area contributed by atoms with Crippen LogP contribution in [0.5, 0.6) is 0 Å². The standard InChI is InChI=1S/C13H20N4O3S/c1-5-9-11-12(16(3)15-9)17(6-8(2)20-4)13(14-11)21-7-10(18)19/h8H,5-7H2,1-4H3,(H,18,19). The molecule has 2 heterocycles. The van der Waals surface area contributed by atoms with E-state index in [1.54, 1.807) is 11.8 Å². The molecule has 0 aliphatic carbocycles. The Kier molecular flexibility index (Phi) is 4.89. The molecule has 2 rings (SSSR count). The average Bonchev–Trinajstić information content (AvgIpc) is 2.95. The Morgan fingerprint density at radius 3 is 2.81 bits per heavy atom. The van der Waals surface area contributed by atoms with Gasteiger partial charge >= 0.3 is 5.97 Å². The maximum Gasteiger partial charge on any atom is 0.313 e. The molecular weight excluding hydrogens is 292 g/mol. The minimum Gasteiger partial charge on any atom is -0.481 e. The van der Waals surface area contributed by atoms with Crippen LogP contribution in [0, 0.1) is 0 Å². The number of carboxylic acids is 1. The second kappa shape index (κ2) is 6.48. The number of aryl methyl sites for hydroxylation is 2. The summed E-state index contributed by atoms with van der Waals surface area (Å²) in [7, 11) is 3.53. The molecule has 116 valence electrons. The molecule has 0 bridgehead atoms. The summed E-state index contributed by atoms with van der Waals surface area (Å²) in [6.45, 7) is 4.61. The molecule has 1 N–H and O–H groups in total. The van der Waals surface area contributed by atoms with E-state index in [1.165, 1.54) is 11.8 Å². The molecular formula is C13H20N4O3S. The molecule has 1 atom stereocenters. The number of aromatic nitrogens is 4. The summed E-state index contributed by atoms with van der Waals surface area (Å²) < 4.78 is 9.11. The Hall–Kier alpha value is -1.54. The lowest BCUT2D eigenvalue weighted by Gasteiger charge is -2.13. The topological polar surface area (TPSA) is 82.2 Å². The first-order valence-electron chi connectivity index (χ1n) is 6.77. The first-order valence-corrected chi connectivity index (χ1v) is 7.75. The van der Waals surface area contributed by atoms with E-state index in [1.807, 2.05) is 25.5 Å². The molecule has 2 aromatic rings. The molecule has 0 saturated heterocycles. The largest absolute Gasteiger partial charge is 0.481 e. The highest BCUT2D eigenvalue weighted by Gasteiger charge is 2.20. The number of carbonyl (C=O) groups is 1. The molecule has 0 spiro atoms. The van der Waals surface area contributed by atoms with E-state index in [2.05, 4.69) is 10.1 Å². The Bertz CT molecular complexity index is 649. The van der Waals surface area contributed by atoms with Gasteiger partial charge in [0.05, 0.1) is 24.1 Å². The number of hydrogen-bond donors (Lipinski definition) is 1. The van der Waals surface area contributed by atoms with Gasteiger partial charge in [-0.3, -0.25) is 9.48 Å². The molecule has 7 nitrogen and oxygen atoms in total. The van der Waals surface area contributed by atoms with Crippen molar-refractivity contribution < 1.29 is 14.6 Å². The number of nitrogens with zero attached hydrogens (tertiary/aromatic N) is 4. The van der Waals surface area contributed by atoms with E-state index in [0.29, 0.717) is 11.7 Å². The molecule has 0 aliphatic rings. The fourth-order valence-corrected chi connectivity index (χ4v) is 2.92. The van der Waals surface area contributed by atoms with Crippen LogP contribution >= 0.6 is 11.8 Å². The highest BCUT2D eigenvalue weighted by Crippen LogP contribution is 2.26. The molecule has 0 fully saturated rings. The third kappa shape index (κ3) is 3.21. The minimum atomic E-state index is -0.854. The maximum atomic E-state index is 10.8. The lowest BCUT2D eigenvalue weighted by molar-refractivity contribution is -0.133. The Balaban J connectivity index is 2.49. The zero-order valence-electron chi connectivity index (χ0n) is 12.7. The zero-order valence-corrected chi connectivity index (χ0v) is 13.5. The summed E-state index contributed by atoms with van der Waals surface area (Å²) in [5.74, 6) is -0.869. The average molecular weight is 312 g/mol. The van der Waals surface area contributed by atoms with Gasteiger partial charge in [0.15, 0.2) is 10.8 Å². The van der Waals surface area contributed by atoms with Crippen molar-refractivity contribution >= 4 is 28.9 Å². The van der Waals surface area contributed by atoms with Crippen LogP contribution in [0.15, 0.2) is 5.16 Å². The van der Waals surface area contributed by atoms with Gasteiger partial charge in [0.2, 0.25) is 0 Å². The van der Waals surface area contributed by atoms with E-state index >= 15 is 0 Å². The zero-order chi connectivity index (χ0) is 15.6. The van der Waals surface area contributed by atoms with E-state index in [9.17, 15) is 4.79 Å². The number of rotatable bonds is 7. The number of ether oxygens (including phenoxy) is 1. The minimum absolute atomic E-state index is 0.00607. The van der Waals surface area contributed by atoms with Crippen LogP contribution in [0.4, 0.5) is 0 Å². The number of thioether (sulfide) groups is 1. The van der Waals surface area contributed by atoms with Gasteiger partial charge in [-0.2, -0.15) is 5.10 Å². The van der Waals surface area contributed by atoms with Crippen molar-refractivity contribution in [2.45, 2.75) is 38.1 Å². The second-order valence-electron chi connectivity index (χ2n) is 4.83. The van der Waals surface area contributed by atoms with Crippen LogP contribution < -0.4 is 0 Å². The van der Waals surface area contributed by atoms with E-state index in [0.717, 1.165) is 23.3 Å². The quantitative estimate of drug-likeness (QED) is 0.781. The van der Waals surface area contributed by atoms with Gasteiger partial charge in [0.1, 0.15) is 5.52 Å². The number of aliphatic carboxylic acids is 1.